The molecule has 33 heavy (non-hydrogen) atoms. The SMILES string of the molecule is [Cu][Br].c1ccc(-c2ccccn2)nc1.c1ccc(P(c2ccccc2)c2ccccc2)cc1. The first kappa shape index (κ1) is 25.0. The molecule has 168 valence electrons. The summed E-state index contributed by atoms with van der Waals surface area (Å²) in [5.74, 6) is 0. The fraction of sp³-hybridized carbons (Fsp3) is 0. The van der Waals surface area contributed by atoms with Gasteiger partial charge in [0.25, 0.3) is 0 Å². The second kappa shape index (κ2) is 14.5. The minimum Gasteiger partial charge on any atom is -0.255 e. The first-order valence-electron chi connectivity index (χ1n) is 10.3. The molecule has 0 unspecified atom stereocenters. The molecular weight excluding hydrogens is 539 g/mol. The standard InChI is InChI=1S/C18H15P.C10H8N2.BrH.Cu/c1-4-10-16(11-5-1)19(17-12-6-2-7-13-17)18-14-8-3-9-15-18;1-3-7-11-9(5-1)10-6-2-4-8-12-10;;/h1-15H;1-8H;1H;/q;;;+1/p-1. The fourth-order valence-electron chi connectivity index (χ4n) is 3.21. The van der Waals surface area contributed by atoms with Crippen molar-refractivity contribution in [1.82, 2.24) is 9.97 Å². The van der Waals surface area contributed by atoms with E-state index in [-0.39, 0.29) is 0 Å². The molecule has 0 aliphatic carbocycles. The van der Waals surface area contributed by atoms with E-state index in [2.05, 4.69) is 129 Å². The summed E-state index contributed by atoms with van der Waals surface area (Å²) in [4.78, 5) is 8.37. The Labute approximate surface area is 212 Å². The average molecular weight is 562 g/mol. The molecule has 0 N–H and O–H groups in total. The van der Waals surface area contributed by atoms with E-state index in [1.54, 1.807) is 12.4 Å². The molecule has 0 saturated carbocycles. The number of rotatable bonds is 4. The minimum atomic E-state index is -0.446. The predicted octanol–water partition coefficient (Wildman–Crippen LogP) is 6.43. The second-order valence-electron chi connectivity index (χ2n) is 6.77. The third-order valence-corrected chi connectivity index (χ3v) is 7.08. The van der Waals surface area contributed by atoms with Crippen LogP contribution in [0.25, 0.3) is 11.4 Å². The zero-order valence-electron chi connectivity index (χ0n) is 17.8. The van der Waals surface area contributed by atoms with Crippen LogP contribution >= 0.6 is 22.0 Å². The molecule has 0 saturated heterocycles. The van der Waals surface area contributed by atoms with Crippen molar-refractivity contribution in [2.75, 3.05) is 0 Å². The largest absolute Gasteiger partial charge is 0.255 e. The van der Waals surface area contributed by atoms with Crippen molar-refractivity contribution >= 4 is 37.9 Å². The fourth-order valence-corrected chi connectivity index (χ4v) is 5.51. The van der Waals surface area contributed by atoms with Crippen molar-refractivity contribution in [2.45, 2.75) is 0 Å². The number of benzene rings is 3. The number of pyridine rings is 2. The van der Waals surface area contributed by atoms with Crippen LogP contribution in [0.15, 0.2) is 140 Å². The Balaban J connectivity index is 0.000000188. The van der Waals surface area contributed by atoms with Gasteiger partial charge in [0.1, 0.15) is 0 Å². The Morgan fingerprint density at radius 3 is 1.00 bits per heavy atom. The average Bonchev–Trinajstić information content (AvgIpc) is 2.93. The molecule has 2 aromatic heterocycles. The summed E-state index contributed by atoms with van der Waals surface area (Å²) >= 11 is 6.50. The van der Waals surface area contributed by atoms with Gasteiger partial charge in [0.15, 0.2) is 0 Å². The van der Waals surface area contributed by atoms with Gasteiger partial charge in [0, 0.05) is 12.4 Å². The van der Waals surface area contributed by atoms with E-state index in [0.29, 0.717) is 0 Å². The maximum absolute atomic E-state index is 4.19. The van der Waals surface area contributed by atoms with Gasteiger partial charge in [0.05, 0.1) is 11.4 Å². The second-order valence-corrected chi connectivity index (χ2v) is 8.99. The molecule has 0 radical (unpaired) electrons. The molecule has 0 spiro atoms. The van der Waals surface area contributed by atoms with E-state index in [0.717, 1.165) is 11.4 Å². The first-order chi connectivity index (χ1) is 16.4. The van der Waals surface area contributed by atoms with Gasteiger partial charge in [-0.3, -0.25) is 9.97 Å². The van der Waals surface area contributed by atoms with Crippen LogP contribution in [0.2, 0.25) is 0 Å². The molecule has 0 bridgehead atoms. The van der Waals surface area contributed by atoms with Crippen molar-refractivity contribution in [3.8, 4) is 11.4 Å². The Bertz CT molecular complexity index is 1030. The normalized spacial score (nSPS) is 9.82. The molecule has 0 fully saturated rings. The van der Waals surface area contributed by atoms with Gasteiger partial charge in [0.2, 0.25) is 0 Å². The van der Waals surface area contributed by atoms with Crippen molar-refractivity contribution in [1.29, 1.82) is 0 Å². The van der Waals surface area contributed by atoms with Gasteiger partial charge in [-0.05, 0) is 48.1 Å². The zero-order chi connectivity index (χ0) is 23.1. The van der Waals surface area contributed by atoms with Crippen LogP contribution in [0.1, 0.15) is 0 Å². The quantitative estimate of drug-likeness (QED) is 0.187. The van der Waals surface area contributed by atoms with Crippen LogP contribution in [0.3, 0.4) is 0 Å². The number of hydrogen-bond acceptors (Lipinski definition) is 2. The van der Waals surface area contributed by atoms with E-state index in [9.17, 15) is 0 Å². The van der Waals surface area contributed by atoms with Crippen molar-refractivity contribution in [2.24, 2.45) is 0 Å². The summed E-state index contributed by atoms with van der Waals surface area (Å²) in [5.41, 5.74) is 1.83. The van der Waals surface area contributed by atoms with Gasteiger partial charge < -0.3 is 0 Å². The third kappa shape index (κ3) is 7.73. The Hall–Kier alpha value is -2.61. The molecule has 3 aromatic carbocycles. The van der Waals surface area contributed by atoms with E-state index < -0.39 is 7.92 Å². The van der Waals surface area contributed by atoms with Crippen molar-refractivity contribution in [3.05, 3.63) is 140 Å². The van der Waals surface area contributed by atoms with E-state index in [4.69, 9.17) is 0 Å². The first-order valence-corrected chi connectivity index (χ1v) is 14.0. The summed E-state index contributed by atoms with van der Waals surface area (Å²) in [7, 11) is -0.446. The van der Waals surface area contributed by atoms with E-state index in [1.165, 1.54) is 15.9 Å². The molecule has 0 atom stereocenters. The molecule has 2 heterocycles. The molecule has 0 aliphatic heterocycles. The minimum absolute atomic E-state index is 0.446. The molecular formula is C28H23BrCuN2P. The van der Waals surface area contributed by atoms with Crippen LogP contribution in [0, 0.1) is 0 Å². The van der Waals surface area contributed by atoms with Crippen LogP contribution in [0.5, 0.6) is 0 Å². The van der Waals surface area contributed by atoms with Gasteiger partial charge >= 0.3 is 28.3 Å². The van der Waals surface area contributed by atoms with Crippen LogP contribution in [-0.4, -0.2) is 9.97 Å². The number of hydrogen-bond donors (Lipinski definition) is 0. The van der Waals surface area contributed by atoms with Crippen LogP contribution < -0.4 is 15.9 Å². The monoisotopic (exact) mass is 560 g/mol. The van der Waals surface area contributed by atoms with Gasteiger partial charge in [-0.25, -0.2) is 0 Å². The van der Waals surface area contributed by atoms with Gasteiger partial charge in [-0.15, -0.1) is 0 Å². The molecule has 5 heteroatoms. The third-order valence-electron chi connectivity index (χ3n) is 4.64. The Morgan fingerprint density at radius 2 is 0.727 bits per heavy atom. The molecule has 2 nitrogen and oxygen atoms in total. The summed E-state index contributed by atoms with van der Waals surface area (Å²) in [6.45, 7) is 0. The van der Waals surface area contributed by atoms with Crippen LogP contribution in [-0.2, 0) is 14.2 Å². The smallest absolute Gasteiger partial charge is 0.0886 e. The summed E-state index contributed by atoms with van der Waals surface area (Å²) in [5, 5.41) is 4.19. The van der Waals surface area contributed by atoms with E-state index >= 15 is 0 Å². The predicted molar refractivity (Wildman–Crippen MR) is 142 cm³/mol. The van der Waals surface area contributed by atoms with Gasteiger partial charge in [-0.1, -0.05) is 103 Å². The molecule has 0 aliphatic rings. The Kier molecular flexibility index (Phi) is 11.0. The maximum atomic E-state index is 4.19. The molecule has 5 rings (SSSR count). The molecule has 5 aromatic rings. The zero-order valence-corrected chi connectivity index (χ0v) is 21.2. The van der Waals surface area contributed by atoms with E-state index in [1.807, 2.05) is 36.4 Å². The number of aromatic nitrogens is 2. The summed E-state index contributed by atoms with van der Waals surface area (Å²) in [6.07, 6.45) is 3.54. The summed E-state index contributed by atoms with van der Waals surface area (Å²) < 4.78 is 0. The number of nitrogens with zero attached hydrogens (tertiary/aromatic N) is 2. The van der Waals surface area contributed by atoms with Gasteiger partial charge in [-0.2, -0.15) is 0 Å². The maximum Gasteiger partial charge on any atom is 0.0886 e. The van der Waals surface area contributed by atoms with Crippen molar-refractivity contribution < 1.29 is 14.2 Å². The number of halogens is 1. The summed E-state index contributed by atoms with van der Waals surface area (Å²) in [6, 6.07) is 43.9. The molecule has 0 amide bonds. The topological polar surface area (TPSA) is 25.8 Å². The van der Waals surface area contributed by atoms with Crippen molar-refractivity contribution in [3.63, 3.8) is 0 Å². The Morgan fingerprint density at radius 1 is 0.424 bits per heavy atom. The van der Waals surface area contributed by atoms with Crippen LogP contribution in [0.4, 0.5) is 0 Å².